The summed E-state index contributed by atoms with van der Waals surface area (Å²) in [6, 6.07) is 0. The van der Waals surface area contributed by atoms with Crippen molar-refractivity contribution >= 4 is 23.5 Å². The molecule has 2 aliphatic rings. The van der Waals surface area contributed by atoms with Crippen LogP contribution in [0.15, 0.2) is 10.1 Å². The molecule has 0 aromatic carbocycles. The van der Waals surface area contributed by atoms with Crippen LogP contribution in [-0.4, -0.2) is 48.5 Å². The summed E-state index contributed by atoms with van der Waals surface area (Å²) in [6.45, 7) is 0.0979. The predicted molar refractivity (Wildman–Crippen MR) is 78.7 cm³/mol. The Hall–Kier alpha value is -2.16. The fraction of sp³-hybridized carbons (Fsp3) is 0.692. The van der Waals surface area contributed by atoms with Crippen molar-refractivity contribution in [2.45, 2.75) is 31.9 Å². The third-order valence-electron chi connectivity index (χ3n) is 3.95. The third kappa shape index (κ3) is 3.94. The summed E-state index contributed by atoms with van der Waals surface area (Å²) in [6.07, 6.45) is 1.44. The topological polar surface area (TPSA) is 138 Å². The fourth-order valence-electron chi connectivity index (χ4n) is 2.63. The highest BCUT2D eigenvalue weighted by atomic mass is 16.5. The van der Waals surface area contributed by atoms with Gasteiger partial charge in [0.25, 0.3) is 0 Å². The number of amides is 1. The average Bonchev–Trinajstić information content (AvgIpc) is 2.53. The number of carbonyl (C=O) groups excluding carboxylic acids is 2. The van der Waals surface area contributed by atoms with Gasteiger partial charge in [-0.15, -0.1) is 0 Å². The molecule has 1 aliphatic heterocycles. The van der Waals surface area contributed by atoms with E-state index >= 15 is 0 Å². The number of hydrazone groups is 1. The van der Waals surface area contributed by atoms with Gasteiger partial charge in [-0.1, -0.05) is 0 Å². The molecule has 0 aromatic rings. The maximum Gasteiger partial charge on any atom is 0.308 e. The van der Waals surface area contributed by atoms with E-state index in [9.17, 15) is 14.7 Å². The first-order valence-electron chi connectivity index (χ1n) is 7.20. The number of aliphatic imine (C=N–C) groups is 1. The summed E-state index contributed by atoms with van der Waals surface area (Å²) >= 11 is 0. The number of nitrogens with one attached hydrogen (secondary N) is 2. The number of hydrogen-bond acceptors (Lipinski definition) is 8. The molecule has 0 aromatic heterocycles. The molecule has 1 atom stereocenters. The number of guanidine groups is 1. The summed E-state index contributed by atoms with van der Waals surface area (Å²) in [4.78, 5) is 27.3. The molecule has 22 heavy (non-hydrogen) atoms. The largest absolute Gasteiger partial charge is 0.469 e. The lowest BCUT2D eigenvalue weighted by atomic mass is 9.81. The highest BCUT2D eigenvalue weighted by Gasteiger charge is 2.30. The Kier molecular flexibility index (Phi) is 5.31. The zero-order chi connectivity index (χ0) is 16.1. The van der Waals surface area contributed by atoms with Crippen LogP contribution >= 0.6 is 0 Å². The average molecular weight is 311 g/mol. The number of hydrogen-bond donors (Lipinski definition) is 4. The number of aliphatic hydroxyl groups excluding tert-OH is 1. The number of esters is 1. The van der Waals surface area contributed by atoms with Crippen LogP contribution in [0.5, 0.6) is 0 Å². The van der Waals surface area contributed by atoms with E-state index in [1.54, 1.807) is 0 Å². The van der Waals surface area contributed by atoms with Crippen LogP contribution in [0.4, 0.5) is 0 Å². The number of ether oxygens (including phenoxy) is 1. The van der Waals surface area contributed by atoms with Crippen LogP contribution in [0.25, 0.3) is 0 Å². The van der Waals surface area contributed by atoms with Gasteiger partial charge >= 0.3 is 5.97 Å². The maximum absolute atomic E-state index is 12.1. The molecular formula is C13H21N5O4. The number of carbonyl (C=O) groups is 2. The van der Waals surface area contributed by atoms with E-state index in [0.29, 0.717) is 31.4 Å². The van der Waals surface area contributed by atoms with Gasteiger partial charge in [-0.05, 0) is 25.7 Å². The Morgan fingerprint density at radius 2 is 2.00 bits per heavy atom. The van der Waals surface area contributed by atoms with E-state index in [4.69, 9.17) is 10.5 Å². The Morgan fingerprint density at radius 1 is 1.36 bits per heavy atom. The van der Waals surface area contributed by atoms with Crippen LogP contribution in [0.3, 0.4) is 0 Å². The molecule has 0 saturated heterocycles. The molecule has 9 nitrogen and oxygen atoms in total. The summed E-state index contributed by atoms with van der Waals surface area (Å²) in [7, 11) is 1.38. The smallest absolute Gasteiger partial charge is 0.308 e. The third-order valence-corrected chi connectivity index (χ3v) is 3.95. The lowest BCUT2D eigenvalue weighted by molar-refractivity contribution is -0.147. The second-order valence-electron chi connectivity index (χ2n) is 5.39. The fourth-order valence-corrected chi connectivity index (χ4v) is 2.63. The minimum absolute atomic E-state index is 0.0312. The molecule has 1 fully saturated rings. The first-order valence-corrected chi connectivity index (χ1v) is 7.20. The Bertz CT molecular complexity index is 497. The van der Waals surface area contributed by atoms with Crippen LogP contribution in [-0.2, 0) is 14.3 Å². The Morgan fingerprint density at radius 3 is 2.59 bits per heavy atom. The van der Waals surface area contributed by atoms with E-state index in [0.717, 1.165) is 0 Å². The Balaban J connectivity index is 1.76. The molecule has 2 rings (SSSR count). The number of nitrogens with two attached hydrogens (primary N) is 1. The van der Waals surface area contributed by atoms with Gasteiger partial charge < -0.3 is 20.9 Å². The molecule has 1 saturated carbocycles. The first kappa shape index (κ1) is 16.2. The summed E-state index contributed by atoms with van der Waals surface area (Å²) in [5.74, 6) is -0.534. The van der Waals surface area contributed by atoms with Gasteiger partial charge in [0.1, 0.15) is 5.71 Å². The number of aliphatic hydroxyl groups is 1. The molecule has 9 heteroatoms. The molecule has 0 radical (unpaired) electrons. The molecule has 122 valence electrons. The van der Waals surface area contributed by atoms with Gasteiger partial charge in [0.15, 0.2) is 6.23 Å². The van der Waals surface area contributed by atoms with Crippen LogP contribution in [0, 0.1) is 11.8 Å². The molecule has 1 unspecified atom stereocenters. The van der Waals surface area contributed by atoms with Crippen LogP contribution < -0.4 is 16.5 Å². The minimum Gasteiger partial charge on any atom is -0.469 e. The summed E-state index contributed by atoms with van der Waals surface area (Å²) in [5.41, 5.74) is 8.10. The lowest BCUT2D eigenvalue weighted by Crippen LogP contribution is -2.44. The van der Waals surface area contributed by atoms with Crippen molar-refractivity contribution in [3.8, 4) is 0 Å². The highest BCUT2D eigenvalue weighted by molar-refractivity contribution is 5.97. The van der Waals surface area contributed by atoms with Gasteiger partial charge in [0, 0.05) is 5.92 Å². The number of nitrogens with zero attached hydrogens (tertiary/aromatic N) is 2. The lowest BCUT2D eigenvalue weighted by Gasteiger charge is -2.26. The van der Waals surface area contributed by atoms with Gasteiger partial charge in [0.2, 0.25) is 11.9 Å². The van der Waals surface area contributed by atoms with Crippen LogP contribution in [0.1, 0.15) is 25.7 Å². The summed E-state index contributed by atoms with van der Waals surface area (Å²) in [5, 5.41) is 16.2. The first-order chi connectivity index (χ1) is 10.5. The van der Waals surface area contributed by atoms with E-state index in [1.807, 2.05) is 0 Å². The number of methoxy groups -OCH3 is 1. The zero-order valence-electron chi connectivity index (χ0n) is 12.4. The molecule has 1 amide bonds. The maximum atomic E-state index is 12.1. The molecule has 1 heterocycles. The van der Waals surface area contributed by atoms with E-state index in [2.05, 4.69) is 20.8 Å². The Labute approximate surface area is 128 Å². The molecule has 1 aliphatic carbocycles. The number of rotatable bonds is 4. The van der Waals surface area contributed by atoms with E-state index in [-0.39, 0.29) is 36.2 Å². The van der Waals surface area contributed by atoms with Crippen molar-refractivity contribution in [1.29, 1.82) is 0 Å². The van der Waals surface area contributed by atoms with Crippen molar-refractivity contribution in [2.75, 3.05) is 13.7 Å². The van der Waals surface area contributed by atoms with Gasteiger partial charge in [0.05, 0.1) is 19.6 Å². The summed E-state index contributed by atoms with van der Waals surface area (Å²) < 4.78 is 4.72. The molecule has 0 bridgehead atoms. The zero-order valence-corrected chi connectivity index (χ0v) is 12.4. The quantitative estimate of drug-likeness (QED) is 0.475. The predicted octanol–water partition coefficient (Wildman–Crippen LogP) is -1.33. The van der Waals surface area contributed by atoms with Crippen molar-refractivity contribution < 1.29 is 19.4 Å². The monoisotopic (exact) mass is 311 g/mol. The van der Waals surface area contributed by atoms with Gasteiger partial charge in [-0.3, -0.25) is 9.59 Å². The second-order valence-corrected chi connectivity index (χ2v) is 5.39. The standard InChI is InChI=1S/C13H21N5O4/c1-22-12(21)8-4-2-7(3-5-8)10(19)15-6-9-11(20)16-13(14)18-17-9/h7-8,11,20H,2-6H2,1H3,(H,15,19)(H3,14,16,18). The van der Waals surface area contributed by atoms with Crippen molar-refractivity contribution in [3.63, 3.8) is 0 Å². The van der Waals surface area contributed by atoms with E-state index < -0.39 is 6.23 Å². The highest BCUT2D eigenvalue weighted by Crippen LogP contribution is 2.29. The van der Waals surface area contributed by atoms with E-state index in [1.165, 1.54) is 7.11 Å². The molecule has 5 N–H and O–H groups in total. The SMILES string of the molecule is COC(=O)C1CCC(C(=O)NCC2=NNC(N)=NC2O)CC1. The molecule has 0 spiro atoms. The second kappa shape index (κ2) is 7.21. The normalized spacial score (nSPS) is 28.0. The van der Waals surface area contributed by atoms with Gasteiger partial charge in [-0.25, -0.2) is 10.4 Å². The van der Waals surface area contributed by atoms with Gasteiger partial charge in [-0.2, -0.15) is 5.10 Å². The van der Waals surface area contributed by atoms with Crippen molar-refractivity contribution in [1.82, 2.24) is 10.7 Å². The van der Waals surface area contributed by atoms with Crippen molar-refractivity contribution in [2.24, 2.45) is 27.7 Å². The molecular weight excluding hydrogens is 290 g/mol. The van der Waals surface area contributed by atoms with Crippen molar-refractivity contribution in [3.05, 3.63) is 0 Å². The van der Waals surface area contributed by atoms with Crippen LogP contribution in [0.2, 0.25) is 0 Å². The minimum atomic E-state index is -1.14.